The van der Waals surface area contributed by atoms with Crippen LogP contribution in [-0.2, 0) is 19.7 Å². The number of fused-ring (bicyclic) bond motifs is 1. The highest BCUT2D eigenvalue weighted by atomic mass is 35.5. The van der Waals surface area contributed by atoms with Crippen LogP contribution in [0.15, 0.2) is 72.8 Å². The van der Waals surface area contributed by atoms with Gasteiger partial charge in [-0.2, -0.15) is 0 Å². The summed E-state index contributed by atoms with van der Waals surface area (Å²) in [5, 5.41) is 3.45. The Balaban J connectivity index is 0.00000210. The van der Waals surface area contributed by atoms with Gasteiger partial charge in [-0.25, -0.2) is 0 Å². The molecule has 0 radical (unpaired) electrons. The third-order valence-electron chi connectivity index (χ3n) is 4.27. The van der Waals surface area contributed by atoms with Gasteiger partial charge in [0.15, 0.2) is 11.5 Å². The lowest BCUT2D eigenvalue weighted by Crippen LogP contribution is -2.12. The van der Waals surface area contributed by atoms with Crippen LogP contribution >= 0.6 is 12.4 Å². The Morgan fingerprint density at radius 2 is 1.44 bits per heavy atom. The first kappa shape index (κ1) is 19.1. The molecule has 0 spiro atoms. The second kappa shape index (κ2) is 9.31. The third-order valence-corrected chi connectivity index (χ3v) is 4.27. The summed E-state index contributed by atoms with van der Waals surface area (Å²) in [5.41, 5.74) is 3.57. The Bertz CT molecular complexity index is 853. The first-order valence-corrected chi connectivity index (χ1v) is 8.72. The molecule has 4 nitrogen and oxygen atoms in total. The van der Waals surface area contributed by atoms with Crippen LogP contribution in [-0.4, -0.2) is 6.79 Å². The number of hydrogen-bond acceptors (Lipinski definition) is 4. The predicted molar refractivity (Wildman–Crippen MR) is 108 cm³/mol. The van der Waals surface area contributed by atoms with Crippen molar-refractivity contribution in [2.24, 2.45) is 0 Å². The van der Waals surface area contributed by atoms with Crippen molar-refractivity contribution in [2.75, 3.05) is 6.79 Å². The van der Waals surface area contributed by atoms with Crippen molar-refractivity contribution in [1.82, 2.24) is 5.32 Å². The van der Waals surface area contributed by atoms with E-state index in [0.29, 0.717) is 13.4 Å². The van der Waals surface area contributed by atoms with Gasteiger partial charge >= 0.3 is 0 Å². The monoisotopic (exact) mass is 383 g/mol. The molecule has 0 unspecified atom stereocenters. The lowest BCUT2D eigenvalue weighted by Gasteiger charge is -2.09. The van der Waals surface area contributed by atoms with E-state index in [9.17, 15) is 0 Å². The van der Waals surface area contributed by atoms with E-state index in [1.165, 1.54) is 16.7 Å². The van der Waals surface area contributed by atoms with E-state index in [0.717, 1.165) is 30.3 Å². The van der Waals surface area contributed by atoms with Crippen molar-refractivity contribution in [2.45, 2.75) is 19.7 Å². The minimum atomic E-state index is 0. The maximum absolute atomic E-state index is 5.82. The lowest BCUT2D eigenvalue weighted by atomic mass is 10.2. The fourth-order valence-electron chi connectivity index (χ4n) is 2.85. The van der Waals surface area contributed by atoms with Gasteiger partial charge in [-0.1, -0.05) is 48.5 Å². The molecule has 4 rings (SSSR count). The molecule has 0 atom stereocenters. The molecule has 140 valence electrons. The van der Waals surface area contributed by atoms with Gasteiger partial charge in [0.2, 0.25) is 6.79 Å². The summed E-state index contributed by atoms with van der Waals surface area (Å²) < 4.78 is 16.6. The normalized spacial score (nSPS) is 11.7. The van der Waals surface area contributed by atoms with Crippen molar-refractivity contribution in [1.29, 1.82) is 0 Å². The Hall–Kier alpha value is -2.69. The summed E-state index contributed by atoms with van der Waals surface area (Å²) in [6.07, 6.45) is 0. The average molecular weight is 384 g/mol. The van der Waals surface area contributed by atoms with Crippen LogP contribution in [0, 0.1) is 0 Å². The SMILES string of the molecule is Cl.c1ccc(COc2ccc(CNCc3ccc4c(c3)OCO4)cc2)cc1. The second-order valence-corrected chi connectivity index (χ2v) is 6.21. The molecule has 0 saturated heterocycles. The highest BCUT2D eigenvalue weighted by molar-refractivity contribution is 5.85. The number of rotatable bonds is 7. The zero-order valence-corrected chi connectivity index (χ0v) is 15.7. The maximum atomic E-state index is 5.82. The Labute approximate surface area is 165 Å². The van der Waals surface area contributed by atoms with Crippen molar-refractivity contribution >= 4 is 12.4 Å². The van der Waals surface area contributed by atoms with E-state index in [1.54, 1.807) is 0 Å². The Kier molecular flexibility index (Phi) is 6.58. The molecule has 0 saturated carbocycles. The fraction of sp³-hybridized carbons (Fsp3) is 0.182. The number of halogens is 1. The molecule has 3 aromatic carbocycles. The van der Waals surface area contributed by atoms with Gasteiger partial charge in [-0.05, 0) is 41.0 Å². The molecule has 27 heavy (non-hydrogen) atoms. The van der Waals surface area contributed by atoms with Gasteiger partial charge in [0, 0.05) is 13.1 Å². The number of nitrogens with one attached hydrogen (secondary N) is 1. The van der Waals surface area contributed by atoms with Crippen LogP contribution in [0.3, 0.4) is 0 Å². The van der Waals surface area contributed by atoms with Gasteiger partial charge in [-0.15, -0.1) is 12.4 Å². The fourth-order valence-corrected chi connectivity index (χ4v) is 2.85. The van der Waals surface area contributed by atoms with E-state index >= 15 is 0 Å². The molecule has 1 aliphatic heterocycles. The zero-order valence-electron chi connectivity index (χ0n) is 14.9. The zero-order chi connectivity index (χ0) is 17.6. The van der Waals surface area contributed by atoms with Gasteiger partial charge in [0.05, 0.1) is 0 Å². The van der Waals surface area contributed by atoms with E-state index < -0.39 is 0 Å². The van der Waals surface area contributed by atoms with Crippen molar-refractivity contribution in [3.63, 3.8) is 0 Å². The first-order valence-electron chi connectivity index (χ1n) is 8.72. The highest BCUT2D eigenvalue weighted by Crippen LogP contribution is 2.32. The average Bonchev–Trinajstić information content (AvgIpc) is 3.16. The number of ether oxygens (including phenoxy) is 3. The van der Waals surface area contributed by atoms with Gasteiger partial charge < -0.3 is 19.5 Å². The largest absolute Gasteiger partial charge is 0.489 e. The third kappa shape index (κ3) is 5.16. The van der Waals surface area contributed by atoms with E-state index in [2.05, 4.69) is 35.6 Å². The Morgan fingerprint density at radius 3 is 2.26 bits per heavy atom. The summed E-state index contributed by atoms with van der Waals surface area (Å²) in [4.78, 5) is 0. The summed E-state index contributed by atoms with van der Waals surface area (Å²) in [6.45, 7) is 2.48. The number of benzene rings is 3. The standard InChI is InChI=1S/C22H21NO3.ClH/c1-2-4-18(5-3-1)15-24-20-9-6-17(7-10-20)13-23-14-19-8-11-21-22(12-19)26-16-25-21;/h1-12,23H,13-16H2;1H. The summed E-state index contributed by atoms with van der Waals surface area (Å²) in [6, 6.07) is 24.4. The first-order chi connectivity index (χ1) is 12.9. The summed E-state index contributed by atoms with van der Waals surface area (Å²) in [7, 11) is 0. The van der Waals surface area contributed by atoms with Crippen LogP contribution in [0.4, 0.5) is 0 Å². The molecule has 1 aliphatic rings. The topological polar surface area (TPSA) is 39.7 Å². The second-order valence-electron chi connectivity index (χ2n) is 6.21. The lowest BCUT2D eigenvalue weighted by molar-refractivity contribution is 0.174. The van der Waals surface area contributed by atoms with E-state index in [4.69, 9.17) is 14.2 Å². The van der Waals surface area contributed by atoms with Crippen LogP contribution < -0.4 is 19.5 Å². The van der Waals surface area contributed by atoms with E-state index in [-0.39, 0.29) is 12.4 Å². The van der Waals surface area contributed by atoms with Gasteiger partial charge in [0.1, 0.15) is 12.4 Å². The Morgan fingerprint density at radius 1 is 0.741 bits per heavy atom. The summed E-state index contributed by atoms with van der Waals surface area (Å²) >= 11 is 0. The minimum absolute atomic E-state index is 0. The molecule has 0 aromatic heterocycles. The van der Waals surface area contributed by atoms with Crippen LogP contribution in [0.2, 0.25) is 0 Å². The molecule has 0 bridgehead atoms. The molecular weight excluding hydrogens is 362 g/mol. The highest BCUT2D eigenvalue weighted by Gasteiger charge is 2.12. The minimum Gasteiger partial charge on any atom is -0.489 e. The molecule has 0 fully saturated rings. The number of hydrogen-bond donors (Lipinski definition) is 1. The van der Waals surface area contributed by atoms with E-state index in [1.807, 2.05) is 42.5 Å². The summed E-state index contributed by atoms with van der Waals surface area (Å²) in [5.74, 6) is 2.53. The molecule has 0 amide bonds. The molecular formula is C22H22ClNO3. The van der Waals surface area contributed by atoms with Crippen molar-refractivity contribution in [3.8, 4) is 17.2 Å². The van der Waals surface area contributed by atoms with Crippen LogP contribution in [0.1, 0.15) is 16.7 Å². The van der Waals surface area contributed by atoms with Crippen molar-refractivity contribution in [3.05, 3.63) is 89.5 Å². The molecule has 0 aliphatic carbocycles. The van der Waals surface area contributed by atoms with Gasteiger partial charge in [0.25, 0.3) is 0 Å². The molecule has 5 heteroatoms. The van der Waals surface area contributed by atoms with Crippen molar-refractivity contribution < 1.29 is 14.2 Å². The smallest absolute Gasteiger partial charge is 0.231 e. The molecule has 3 aromatic rings. The molecule has 1 heterocycles. The van der Waals surface area contributed by atoms with Crippen LogP contribution in [0.5, 0.6) is 17.2 Å². The quantitative estimate of drug-likeness (QED) is 0.641. The van der Waals surface area contributed by atoms with Gasteiger partial charge in [-0.3, -0.25) is 0 Å². The maximum Gasteiger partial charge on any atom is 0.231 e. The van der Waals surface area contributed by atoms with Crippen LogP contribution in [0.25, 0.3) is 0 Å². The predicted octanol–water partition coefficient (Wildman–Crippen LogP) is 4.71. The molecule has 1 N–H and O–H groups in total.